The summed E-state index contributed by atoms with van der Waals surface area (Å²) < 4.78 is 0. The summed E-state index contributed by atoms with van der Waals surface area (Å²) in [4.78, 5) is 14.3. The van der Waals surface area contributed by atoms with Crippen LogP contribution in [0.1, 0.15) is 36.2 Å². The van der Waals surface area contributed by atoms with Crippen molar-refractivity contribution >= 4 is 5.91 Å². The lowest BCUT2D eigenvalue weighted by Gasteiger charge is -2.32. The molecule has 2 N–H and O–H groups in total. The number of rotatable bonds is 3. The summed E-state index contributed by atoms with van der Waals surface area (Å²) in [6, 6.07) is 1.12. The van der Waals surface area contributed by atoms with Gasteiger partial charge in [-0.3, -0.25) is 4.79 Å². The minimum atomic E-state index is -0.122. The highest BCUT2D eigenvalue weighted by atomic mass is 16.2. The minimum absolute atomic E-state index is 0.122. The highest BCUT2D eigenvalue weighted by molar-refractivity contribution is 5.91. The highest BCUT2D eigenvalue weighted by Gasteiger charge is 2.32. The van der Waals surface area contributed by atoms with Crippen LogP contribution in [0, 0.1) is 0 Å². The fourth-order valence-corrected chi connectivity index (χ4v) is 2.42. The minimum Gasteiger partial charge on any atom is -0.348 e. The number of aromatic amines is 1. The van der Waals surface area contributed by atoms with Crippen molar-refractivity contribution in [2.75, 3.05) is 13.1 Å². The largest absolute Gasteiger partial charge is 0.348 e. The second-order valence-electron chi connectivity index (χ2n) is 4.87. The van der Waals surface area contributed by atoms with Gasteiger partial charge in [0.2, 0.25) is 0 Å². The Hall–Kier alpha value is -1.43. The Morgan fingerprint density at radius 3 is 2.71 bits per heavy atom. The lowest BCUT2D eigenvalue weighted by atomic mass is 10.0. The van der Waals surface area contributed by atoms with Gasteiger partial charge in [0.05, 0.1) is 6.20 Å². The summed E-state index contributed by atoms with van der Waals surface area (Å²) in [6.07, 6.45) is 6.25. The molecule has 1 aliphatic heterocycles. The molecule has 2 aliphatic rings. The molecule has 6 heteroatoms. The van der Waals surface area contributed by atoms with Crippen molar-refractivity contribution in [1.82, 2.24) is 25.6 Å². The first kappa shape index (κ1) is 10.7. The van der Waals surface area contributed by atoms with Gasteiger partial charge in [-0.2, -0.15) is 15.4 Å². The topological polar surface area (TPSA) is 73.9 Å². The van der Waals surface area contributed by atoms with Gasteiger partial charge in [-0.05, 0) is 25.7 Å². The summed E-state index contributed by atoms with van der Waals surface area (Å²) in [5.41, 5.74) is 0.370. The van der Waals surface area contributed by atoms with Gasteiger partial charge in [0, 0.05) is 25.2 Å². The van der Waals surface area contributed by atoms with Crippen LogP contribution in [0.4, 0.5) is 0 Å². The molecule has 0 spiro atoms. The Morgan fingerprint density at radius 1 is 1.35 bits per heavy atom. The number of carbonyl (C=O) groups is 1. The van der Waals surface area contributed by atoms with Crippen LogP contribution >= 0.6 is 0 Å². The van der Waals surface area contributed by atoms with Gasteiger partial charge in [0.25, 0.3) is 5.91 Å². The molecule has 0 aromatic carbocycles. The quantitative estimate of drug-likeness (QED) is 0.782. The molecule has 1 saturated heterocycles. The summed E-state index contributed by atoms with van der Waals surface area (Å²) in [6.45, 7) is 2.21. The maximum atomic E-state index is 11.8. The van der Waals surface area contributed by atoms with Crippen LogP contribution in [-0.2, 0) is 0 Å². The smallest absolute Gasteiger partial charge is 0.273 e. The Bertz CT molecular complexity index is 379. The van der Waals surface area contributed by atoms with Crippen molar-refractivity contribution in [3.05, 3.63) is 11.9 Å². The summed E-state index contributed by atoms with van der Waals surface area (Å²) in [5, 5.41) is 12.9. The van der Waals surface area contributed by atoms with Crippen molar-refractivity contribution in [2.45, 2.75) is 37.8 Å². The third kappa shape index (κ3) is 2.46. The van der Waals surface area contributed by atoms with Gasteiger partial charge in [-0.1, -0.05) is 0 Å². The number of carbonyl (C=O) groups excluding carboxylic acids is 1. The molecule has 92 valence electrons. The molecule has 6 nitrogen and oxygen atoms in total. The average Bonchev–Trinajstić information content (AvgIpc) is 3.05. The zero-order valence-corrected chi connectivity index (χ0v) is 9.72. The standard InChI is InChI=1S/C11H17N5O/c17-11(10-7-12-15-14-10)13-8-3-5-16(6-4-8)9-1-2-9/h7-9H,1-6H2,(H,13,17)(H,12,14,15). The van der Waals surface area contributed by atoms with Crippen LogP contribution in [0.5, 0.6) is 0 Å². The molecule has 0 bridgehead atoms. The van der Waals surface area contributed by atoms with E-state index in [1.807, 2.05) is 0 Å². The van der Waals surface area contributed by atoms with E-state index in [1.165, 1.54) is 19.0 Å². The second kappa shape index (κ2) is 4.44. The first-order chi connectivity index (χ1) is 8.33. The van der Waals surface area contributed by atoms with Crippen LogP contribution in [0.3, 0.4) is 0 Å². The summed E-state index contributed by atoms with van der Waals surface area (Å²) in [5.74, 6) is -0.122. The molecule has 1 aliphatic carbocycles. The average molecular weight is 235 g/mol. The van der Waals surface area contributed by atoms with E-state index in [2.05, 4.69) is 25.6 Å². The number of hydrogen-bond donors (Lipinski definition) is 2. The van der Waals surface area contributed by atoms with E-state index in [-0.39, 0.29) is 11.9 Å². The van der Waals surface area contributed by atoms with Gasteiger partial charge in [-0.25, -0.2) is 0 Å². The first-order valence-electron chi connectivity index (χ1n) is 6.23. The lowest BCUT2D eigenvalue weighted by molar-refractivity contribution is 0.0904. The van der Waals surface area contributed by atoms with Crippen molar-refractivity contribution in [3.63, 3.8) is 0 Å². The third-order valence-electron chi connectivity index (χ3n) is 3.58. The van der Waals surface area contributed by atoms with E-state index < -0.39 is 0 Å². The second-order valence-corrected chi connectivity index (χ2v) is 4.87. The molecule has 17 heavy (non-hydrogen) atoms. The third-order valence-corrected chi connectivity index (χ3v) is 3.58. The molecule has 1 aromatic rings. The van der Waals surface area contributed by atoms with Gasteiger partial charge in [0.1, 0.15) is 0 Å². The van der Waals surface area contributed by atoms with Crippen molar-refractivity contribution in [2.24, 2.45) is 0 Å². The fraction of sp³-hybridized carbons (Fsp3) is 0.727. The van der Waals surface area contributed by atoms with Crippen molar-refractivity contribution in [3.8, 4) is 0 Å². The van der Waals surface area contributed by atoms with Gasteiger partial charge >= 0.3 is 0 Å². The Kier molecular flexibility index (Phi) is 2.80. The lowest BCUT2D eigenvalue weighted by Crippen LogP contribution is -2.45. The molecule has 0 radical (unpaired) electrons. The number of nitrogens with one attached hydrogen (secondary N) is 2. The van der Waals surface area contributed by atoms with Crippen molar-refractivity contribution < 1.29 is 4.79 Å². The normalized spacial score (nSPS) is 22.6. The monoisotopic (exact) mass is 235 g/mol. The van der Waals surface area contributed by atoms with E-state index in [9.17, 15) is 4.79 Å². The maximum absolute atomic E-state index is 11.8. The predicted octanol–water partition coefficient (Wildman–Crippen LogP) is 0.161. The van der Waals surface area contributed by atoms with Crippen LogP contribution in [-0.4, -0.2) is 51.4 Å². The molecule has 1 aromatic heterocycles. The molecular weight excluding hydrogens is 218 g/mol. The summed E-state index contributed by atoms with van der Waals surface area (Å²) in [7, 11) is 0. The van der Waals surface area contributed by atoms with Crippen LogP contribution in [0.25, 0.3) is 0 Å². The zero-order valence-electron chi connectivity index (χ0n) is 9.72. The van der Waals surface area contributed by atoms with E-state index in [0.29, 0.717) is 5.69 Å². The molecule has 1 amide bonds. The van der Waals surface area contributed by atoms with Gasteiger partial charge < -0.3 is 10.2 Å². The number of piperidine rings is 1. The van der Waals surface area contributed by atoms with E-state index in [0.717, 1.165) is 32.0 Å². The summed E-state index contributed by atoms with van der Waals surface area (Å²) >= 11 is 0. The molecule has 1 saturated carbocycles. The molecule has 0 atom stereocenters. The number of amides is 1. The number of likely N-dealkylation sites (tertiary alicyclic amines) is 1. The van der Waals surface area contributed by atoms with Gasteiger partial charge in [0.15, 0.2) is 5.69 Å². The molecule has 0 unspecified atom stereocenters. The van der Waals surface area contributed by atoms with Crippen LogP contribution in [0.2, 0.25) is 0 Å². The number of aromatic nitrogens is 3. The zero-order chi connectivity index (χ0) is 11.7. The fourth-order valence-electron chi connectivity index (χ4n) is 2.42. The highest BCUT2D eigenvalue weighted by Crippen LogP contribution is 2.29. The number of H-pyrrole nitrogens is 1. The Labute approximate surface area is 99.8 Å². The predicted molar refractivity (Wildman–Crippen MR) is 61.5 cm³/mol. The van der Waals surface area contributed by atoms with E-state index in [4.69, 9.17) is 0 Å². The van der Waals surface area contributed by atoms with Crippen LogP contribution < -0.4 is 5.32 Å². The molecular formula is C11H17N5O. The SMILES string of the molecule is O=C(NC1CCN(C2CC2)CC1)c1cn[nH]n1. The van der Waals surface area contributed by atoms with Crippen LogP contribution in [0.15, 0.2) is 6.20 Å². The number of hydrogen-bond acceptors (Lipinski definition) is 4. The molecule has 2 fully saturated rings. The van der Waals surface area contributed by atoms with Crippen molar-refractivity contribution in [1.29, 1.82) is 0 Å². The van der Waals surface area contributed by atoms with E-state index >= 15 is 0 Å². The Balaban J connectivity index is 1.48. The molecule has 2 heterocycles. The maximum Gasteiger partial charge on any atom is 0.273 e. The molecule has 3 rings (SSSR count). The number of nitrogens with zero attached hydrogens (tertiary/aromatic N) is 3. The Morgan fingerprint density at radius 2 is 2.12 bits per heavy atom. The van der Waals surface area contributed by atoms with E-state index in [1.54, 1.807) is 0 Å². The van der Waals surface area contributed by atoms with Gasteiger partial charge in [-0.15, -0.1) is 0 Å². The first-order valence-corrected chi connectivity index (χ1v) is 6.23.